The lowest BCUT2D eigenvalue weighted by molar-refractivity contribution is -0.122. The largest absolute Gasteiger partial charge is 0.494 e. The maximum atomic E-state index is 13.3. The first-order valence-electron chi connectivity index (χ1n) is 9.01. The van der Waals surface area contributed by atoms with E-state index in [1.165, 1.54) is 11.3 Å². The van der Waals surface area contributed by atoms with Crippen molar-refractivity contribution >= 4 is 44.2 Å². The molecule has 140 valence electrons. The fourth-order valence-electron chi connectivity index (χ4n) is 3.51. The van der Waals surface area contributed by atoms with Crippen LogP contribution in [0, 0.1) is 5.92 Å². The topological polar surface area (TPSA) is 55.3 Å². The van der Waals surface area contributed by atoms with Crippen LogP contribution in [0.25, 0.3) is 10.2 Å². The van der Waals surface area contributed by atoms with Crippen molar-refractivity contribution in [2.75, 3.05) is 12.0 Å². The number of carbonyl (C=O) groups excluding carboxylic acids is 1. The molecule has 7 heteroatoms. The summed E-state index contributed by atoms with van der Waals surface area (Å²) in [5.74, 6) is 0.827. The third-order valence-electron chi connectivity index (χ3n) is 4.91. The minimum Gasteiger partial charge on any atom is -0.494 e. The van der Waals surface area contributed by atoms with Crippen LogP contribution in [-0.4, -0.2) is 23.0 Å². The van der Waals surface area contributed by atoms with Crippen LogP contribution in [0.5, 0.6) is 5.75 Å². The van der Waals surface area contributed by atoms with Crippen LogP contribution < -0.4 is 9.64 Å². The van der Waals surface area contributed by atoms with E-state index < -0.39 is 0 Å². The van der Waals surface area contributed by atoms with Gasteiger partial charge in [0.1, 0.15) is 11.3 Å². The Morgan fingerprint density at radius 1 is 1.30 bits per heavy atom. The zero-order valence-corrected chi connectivity index (χ0v) is 16.6. The third-order valence-corrected chi connectivity index (χ3v) is 6.45. The Hall–Kier alpha value is -2.18. The molecule has 3 aromatic rings. The minimum absolute atomic E-state index is 0.0538. The van der Waals surface area contributed by atoms with Crippen molar-refractivity contribution in [3.63, 3.8) is 0 Å². The van der Waals surface area contributed by atoms with Crippen molar-refractivity contribution in [2.24, 2.45) is 5.92 Å². The lowest BCUT2D eigenvalue weighted by Gasteiger charge is -2.22. The Kier molecular flexibility index (Phi) is 5.27. The van der Waals surface area contributed by atoms with Crippen molar-refractivity contribution in [1.29, 1.82) is 0 Å². The van der Waals surface area contributed by atoms with Crippen molar-refractivity contribution in [2.45, 2.75) is 32.2 Å². The standard InChI is InChI=1S/C20H20ClN3O2S/c1-26-16-10-9-15(21)18-17(16)23-20(27-18)24(12-14-8-4-5-11-22-14)19(25)13-6-2-3-7-13/h4-5,8-11,13H,2-3,6-7,12H2,1H3. The second-order valence-electron chi connectivity index (χ2n) is 6.65. The molecule has 2 heterocycles. The predicted molar refractivity (Wildman–Crippen MR) is 109 cm³/mol. The summed E-state index contributed by atoms with van der Waals surface area (Å²) in [6.07, 6.45) is 5.82. The molecule has 0 saturated heterocycles. The van der Waals surface area contributed by atoms with Gasteiger partial charge in [-0.3, -0.25) is 14.7 Å². The number of ether oxygens (including phenoxy) is 1. The van der Waals surface area contributed by atoms with E-state index in [0.717, 1.165) is 36.1 Å². The van der Waals surface area contributed by atoms with Crippen LogP contribution in [0.2, 0.25) is 5.02 Å². The highest BCUT2D eigenvalue weighted by Crippen LogP contribution is 2.40. The van der Waals surface area contributed by atoms with Crippen LogP contribution in [0.3, 0.4) is 0 Å². The Morgan fingerprint density at radius 2 is 2.11 bits per heavy atom. The number of pyridine rings is 1. The smallest absolute Gasteiger partial charge is 0.232 e. The Balaban J connectivity index is 1.76. The summed E-state index contributed by atoms with van der Waals surface area (Å²) in [5, 5.41) is 1.25. The Labute approximate surface area is 167 Å². The molecule has 0 aliphatic heterocycles. The van der Waals surface area contributed by atoms with Gasteiger partial charge in [-0.2, -0.15) is 0 Å². The lowest BCUT2D eigenvalue weighted by atomic mass is 10.1. The number of carbonyl (C=O) groups is 1. The number of thiazole rings is 1. The number of fused-ring (bicyclic) bond motifs is 1. The first-order chi connectivity index (χ1) is 13.2. The van der Waals surface area contributed by atoms with E-state index in [-0.39, 0.29) is 11.8 Å². The van der Waals surface area contributed by atoms with Crippen LogP contribution in [0.1, 0.15) is 31.4 Å². The molecule has 1 saturated carbocycles. The molecule has 0 N–H and O–H groups in total. The molecule has 0 radical (unpaired) electrons. The quantitative estimate of drug-likeness (QED) is 0.598. The SMILES string of the molecule is COc1ccc(Cl)c2sc(N(Cc3ccccn3)C(=O)C3CCCC3)nc12. The van der Waals surface area contributed by atoms with Crippen molar-refractivity contribution in [3.05, 3.63) is 47.2 Å². The molecule has 0 bridgehead atoms. The maximum Gasteiger partial charge on any atom is 0.232 e. The Morgan fingerprint density at radius 3 is 2.81 bits per heavy atom. The monoisotopic (exact) mass is 401 g/mol. The van der Waals surface area contributed by atoms with Crippen molar-refractivity contribution < 1.29 is 9.53 Å². The first-order valence-corrected chi connectivity index (χ1v) is 10.2. The second kappa shape index (κ2) is 7.82. The summed E-state index contributed by atoms with van der Waals surface area (Å²) in [7, 11) is 1.61. The molecule has 1 aliphatic carbocycles. The van der Waals surface area contributed by atoms with E-state index in [9.17, 15) is 4.79 Å². The van der Waals surface area contributed by atoms with Gasteiger partial charge in [-0.1, -0.05) is 41.8 Å². The first kappa shape index (κ1) is 18.2. The van der Waals surface area contributed by atoms with Crippen molar-refractivity contribution in [1.82, 2.24) is 9.97 Å². The van der Waals surface area contributed by atoms with Crippen LogP contribution in [0.15, 0.2) is 36.5 Å². The zero-order chi connectivity index (χ0) is 18.8. The molecule has 0 atom stereocenters. The van der Waals surface area contributed by atoms with Gasteiger partial charge in [0.25, 0.3) is 0 Å². The van der Waals surface area contributed by atoms with Gasteiger partial charge in [0.05, 0.1) is 29.1 Å². The highest BCUT2D eigenvalue weighted by Gasteiger charge is 2.30. The molecule has 0 unspecified atom stereocenters. The molecule has 4 rings (SSSR count). The molecule has 1 aromatic carbocycles. The number of nitrogens with zero attached hydrogens (tertiary/aromatic N) is 3. The van der Waals surface area contributed by atoms with Crippen molar-refractivity contribution in [3.8, 4) is 5.75 Å². The average molecular weight is 402 g/mol. The summed E-state index contributed by atoms with van der Waals surface area (Å²) >= 11 is 7.79. The number of anilines is 1. The fourth-order valence-corrected chi connectivity index (χ4v) is 4.77. The minimum atomic E-state index is 0.0538. The molecular weight excluding hydrogens is 382 g/mol. The molecule has 2 aromatic heterocycles. The van der Waals surface area contributed by atoms with E-state index in [2.05, 4.69) is 4.98 Å². The number of amides is 1. The third kappa shape index (κ3) is 3.64. The molecule has 1 amide bonds. The normalized spacial score (nSPS) is 14.6. The number of benzene rings is 1. The van der Waals surface area contributed by atoms with Gasteiger partial charge in [0.2, 0.25) is 5.91 Å². The summed E-state index contributed by atoms with van der Waals surface area (Å²) in [4.78, 5) is 24.1. The van der Waals surface area contributed by atoms with E-state index in [1.807, 2.05) is 18.2 Å². The highest BCUT2D eigenvalue weighted by molar-refractivity contribution is 7.23. The number of methoxy groups -OCH3 is 1. The number of hydrogen-bond donors (Lipinski definition) is 0. The van der Waals surface area contributed by atoms with Gasteiger partial charge in [0, 0.05) is 12.1 Å². The molecule has 1 aliphatic rings. The van der Waals surface area contributed by atoms with Crippen LogP contribution >= 0.6 is 22.9 Å². The summed E-state index contributed by atoms with van der Waals surface area (Å²) in [6.45, 7) is 0.399. The lowest BCUT2D eigenvalue weighted by Crippen LogP contribution is -2.35. The van der Waals surface area contributed by atoms with Crippen LogP contribution in [-0.2, 0) is 11.3 Å². The van der Waals surface area contributed by atoms with Crippen LogP contribution in [0.4, 0.5) is 5.13 Å². The summed E-state index contributed by atoms with van der Waals surface area (Å²) in [5.41, 5.74) is 1.52. The van der Waals surface area contributed by atoms with Gasteiger partial charge in [0.15, 0.2) is 5.13 Å². The van der Waals surface area contributed by atoms with Gasteiger partial charge in [-0.25, -0.2) is 4.98 Å². The van der Waals surface area contributed by atoms with Gasteiger partial charge < -0.3 is 4.74 Å². The van der Waals surface area contributed by atoms with E-state index in [1.54, 1.807) is 30.3 Å². The Bertz CT molecular complexity index is 955. The number of halogens is 1. The van der Waals surface area contributed by atoms with Gasteiger partial charge >= 0.3 is 0 Å². The average Bonchev–Trinajstić information content (AvgIpc) is 3.37. The number of aromatic nitrogens is 2. The highest BCUT2D eigenvalue weighted by atomic mass is 35.5. The maximum absolute atomic E-state index is 13.3. The van der Waals surface area contributed by atoms with E-state index in [4.69, 9.17) is 21.3 Å². The summed E-state index contributed by atoms with van der Waals surface area (Å²) in [6, 6.07) is 9.33. The zero-order valence-electron chi connectivity index (χ0n) is 15.0. The molecule has 1 fully saturated rings. The number of rotatable bonds is 5. The molecular formula is C20H20ClN3O2S. The predicted octanol–water partition coefficient (Wildman–Crippen LogP) is 5.08. The molecule has 5 nitrogen and oxygen atoms in total. The number of hydrogen-bond acceptors (Lipinski definition) is 5. The summed E-state index contributed by atoms with van der Waals surface area (Å²) < 4.78 is 6.25. The fraction of sp³-hybridized carbons (Fsp3) is 0.350. The second-order valence-corrected chi connectivity index (χ2v) is 8.04. The molecule has 0 spiro atoms. The van der Waals surface area contributed by atoms with Gasteiger partial charge in [-0.15, -0.1) is 0 Å². The van der Waals surface area contributed by atoms with Gasteiger partial charge in [-0.05, 0) is 37.1 Å². The van der Waals surface area contributed by atoms with E-state index in [0.29, 0.717) is 28.0 Å². The van der Waals surface area contributed by atoms with E-state index >= 15 is 0 Å². The molecule has 27 heavy (non-hydrogen) atoms.